The number of halogens is 1. The highest BCUT2D eigenvalue weighted by Gasteiger charge is 2.16. The molecular weight excluding hydrogens is 236 g/mol. The van der Waals surface area contributed by atoms with Crippen molar-refractivity contribution in [2.45, 2.75) is 40.5 Å². The normalized spacial score (nSPS) is 10.5. The first kappa shape index (κ1) is 14.0. The van der Waals surface area contributed by atoms with Crippen molar-refractivity contribution in [3.05, 3.63) is 27.3 Å². The second-order valence-corrected chi connectivity index (χ2v) is 4.78. The van der Waals surface area contributed by atoms with Crippen molar-refractivity contribution in [2.75, 3.05) is 7.11 Å². The van der Waals surface area contributed by atoms with Crippen molar-refractivity contribution in [1.82, 2.24) is 0 Å². The maximum atomic E-state index is 11.1. The Morgan fingerprint density at radius 3 is 2.24 bits per heavy atom. The average Bonchev–Trinajstić information content (AvgIpc) is 2.29. The zero-order chi connectivity index (χ0) is 13.2. The van der Waals surface area contributed by atoms with Crippen LogP contribution in [0.4, 0.5) is 0 Å². The van der Waals surface area contributed by atoms with Gasteiger partial charge in [0.1, 0.15) is 11.5 Å². The summed E-state index contributed by atoms with van der Waals surface area (Å²) in [5, 5.41) is 0.779. The molecule has 1 aromatic rings. The van der Waals surface area contributed by atoms with Crippen LogP contribution in [-0.2, 0) is 11.2 Å². The lowest BCUT2D eigenvalue weighted by atomic mass is 9.95. The summed E-state index contributed by atoms with van der Waals surface area (Å²) in [6.45, 7) is 7.57. The van der Waals surface area contributed by atoms with E-state index in [2.05, 4.69) is 0 Å². The molecule has 0 spiro atoms. The van der Waals surface area contributed by atoms with Crippen molar-refractivity contribution in [3.63, 3.8) is 0 Å². The maximum Gasteiger partial charge on any atom is 0.130 e. The summed E-state index contributed by atoms with van der Waals surface area (Å²) in [6, 6.07) is 0. The highest BCUT2D eigenvalue weighted by molar-refractivity contribution is 6.32. The number of Topliss-reactive ketones (excluding diaryl/α,β-unsaturated/α-hetero) is 1. The Kier molecular flexibility index (Phi) is 4.58. The summed E-state index contributed by atoms with van der Waals surface area (Å²) in [7, 11) is 1.66. The van der Waals surface area contributed by atoms with Crippen LogP contribution in [-0.4, -0.2) is 12.9 Å². The quantitative estimate of drug-likeness (QED) is 0.817. The summed E-state index contributed by atoms with van der Waals surface area (Å²) in [5.41, 5.74) is 4.18. The van der Waals surface area contributed by atoms with E-state index in [9.17, 15) is 4.79 Å². The molecule has 0 aliphatic rings. The number of carbonyl (C=O) groups excluding carboxylic acids is 1. The third kappa shape index (κ3) is 2.81. The first-order valence-corrected chi connectivity index (χ1v) is 6.09. The molecule has 0 unspecified atom stereocenters. The molecule has 94 valence electrons. The molecule has 3 heteroatoms. The first-order valence-electron chi connectivity index (χ1n) is 5.71. The smallest absolute Gasteiger partial charge is 0.130 e. The van der Waals surface area contributed by atoms with Gasteiger partial charge < -0.3 is 9.53 Å². The van der Waals surface area contributed by atoms with Crippen molar-refractivity contribution in [2.24, 2.45) is 0 Å². The van der Waals surface area contributed by atoms with E-state index in [1.807, 2.05) is 20.8 Å². The van der Waals surface area contributed by atoms with E-state index in [1.54, 1.807) is 14.0 Å². The van der Waals surface area contributed by atoms with Crippen LogP contribution in [0.25, 0.3) is 0 Å². The summed E-state index contributed by atoms with van der Waals surface area (Å²) in [5.74, 6) is 1.05. The van der Waals surface area contributed by atoms with Gasteiger partial charge in [-0.25, -0.2) is 0 Å². The molecule has 0 bridgehead atoms. The zero-order valence-corrected chi connectivity index (χ0v) is 11.9. The lowest BCUT2D eigenvalue weighted by Gasteiger charge is -2.18. The molecule has 17 heavy (non-hydrogen) atoms. The van der Waals surface area contributed by atoms with E-state index in [0.29, 0.717) is 12.8 Å². The number of carbonyl (C=O) groups is 1. The van der Waals surface area contributed by atoms with Gasteiger partial charge in [0.25, 0.3) is 0 Å². The van der Waals surface area contributed by atoms with E-state index in [0.717, 1.165) is 33.0 Å². The molecule has 0 N–H and O–H groups in total. The van der Waals surface area contributed by atoms with Crippen LogP contribution in [0, 0.1) is 20.8 Å². The van der Waals surface area contributed by atoms with Gasteiger partial charge in [0, 0.05) is 11.4 Å². The van der Waals surface area contributed by atoms with Gasteiger partial charge in [-0.15, -0.1) is 0 Å². The van der Waals surface area contributed by atoms with Gasteiger partial charge in [0.15, 0.2) is 0 Å². The molecule has 0 aliphatic carbocycles. The van der Waals surface area contributed by atoms with Gasteiger partial charge >= 0.3 is 0 Å². The van der Waals surface area contributed by atoms with Gasteiger partial charge in [0.05, 0.1) is 7.11 Å². The van der Waals surface area contributed by atoms with Crippen molar-refractivity contribution in [1.29, 1.82) is 0 Å². The van der Waals surface area contributed by atoms with E-state index >= 15 is 0 Å². The van der Waals surface area contributed by atoms with Crippen LogP contribution in [0.3, 0.4) is 0 Å². The van der Waals surface area contributed by atoms with Gasteiger partial charge in [-0.2, -0.15) is 0 Å². The van der Waals surface area contributed by atoms with Crippen molar-refractivity contribution in [3.8, 4) is 5.75 Å². The molecule has 0 saturated heterocycles. The van der Waals surface area contributed by atoms with E-state index in [-0.39, 0.29) is 5.78 Å². The Morgan fingerprint density at radius 1 is 1.18 bits per heavy atom. The Morgan fingerprint density at radius 2 is 1.76 bits per heavy atom. The lowest BCUT2D eigenvalue weighted by molar-refractivity contribution is -0.116. The highest BCUT2D eigenvalue weighted by Crippen LogP contribution is 2.36. The van der Waals surface area contributed by atoms with Gasteiger partial charge in [-0.1, -0.05) is 11.6 Å². The highest BCUT2D eigenvalue weighted by atomic mass is 35.5. The number of ketones is 1. The SMILES string of the molecule is COc1c(C)c(C)c(Cl)c(C)c1CCC(C)=O. The molecule has 1 rings (SSSR count). The van der Waals surface area contributed by atoms with Crippen molar-refractivity contribution >= 4 is 17.4 Å². The standard InChI is InChI=1S/C14H19ClO2/c1-8(16)6-7-12-11(4)13(15)9(2)10(3)14(12)17-5/h6-7H2,1-5H3. The molecule has 1 aromatic carbocycles. The molecule has 0 atom stereocenters. The zero-order valence-electron chi connectivity index (χ0n) is 11.1. The minimum Gasteiger partial charge on any atom is -0.496 e. The monoisotopic (exact) mass is 254 g/mol. The second kappa shape index (κ2) is 5.54. The fourth-order valence-corrected chi connectivity index (χ4v) is 2.28. The Bertz CT molecular complexity index is 450. The minimum atomic E-state index is 0.181. The molecular formula is C14H19ClO2. The summed E-state index contributed by atoms with van der Waals surface area (Å²) in [4.78, 5) is 11.1. The third-order valence-corrected chi connectivity index (χ3v) is 3.79. The molecule has 0 aromatic heterocycles. The molecule has 0 amide bonds. The number of ether oxygens (including phenoxy) is 1. The number of benzene rings is 1. The lowest BCUT2D eigenvalue weighted by Crippen LogP contribution is -2.04. The maximum absolute atomic E-state index is 11.1. The molecule has 0 saturated carbocycles. The molecule has 2 nitrogen and oxygen atoms in total. The fraction of sp³-hybridized carbons (Fsp3) is 0.500. The Labute approximate surface area is 108 Å². The first-order chi connectivity index (χ1) is 7.90. The van der Waals surface area contributed by atoms with Crippen LogP contribution in [0.5, 0.6) is 5.75 Å². The van der Waals surface area contributed by atoms with E-state index in [4.69, 9.17) is 16.3 Å². The predicted octanol–water partition coefficient (Wildman–Crippen LogP) is 3.80. The number of hydrogen-bond donors (Lipinski definition) is 0. The Hall–Kier alpha value is -1.02. The average molecular weight is 255 g/mol. The van der Waals surface area contributed by atoms with E-state index < -0.39 is 0 Å². The predicted molar refractivity (Wildman–Crippen MR) is 71.2 cm³/mol. The van der Waals surface area contributed by atoms with Crippen LogP contribution >= 0.6 is 11.6 Å². The molecule has 0 fully saturated rings. The van der Waals surface area contributed by atoms with Gasteiger partial charge in [0.2, 0.25) is 0 Å². The largest absolute Gasteiger partial charge is 0.496 e. The summed E-state index contributed by atoms with van der Waals surface area (Å²) >= 11 is 6.29. The number of rotatable bonds is 4. The van der Waals surface area contributed by atoms with Crippen LogP contribution in [0.1, 0.15) is 35.6 Å². The third-order valence-electron chi connectivity index (χ3n) is 3.22. The summed E-state index contributed by atoms with van der Waals surface area (Å²) < 4.78 is 5.46. The summed E-state index contributed by atoms with van der Waals surface area (Å²) in [6.07, 6.45) is 1.21. The Balaban J connectivity index is 3.31. The number of methoxy groups -OCH3 is 1. The van der Waals surface area contributed by atoms with Gasteiger partial charge in [-0.3, -0.25) is 0 Å². The molecule has 0 aliphatic heterocycles. The minimum absolute atomic E-state index is 0.181. The van der Waals surface area contributed by atoms with Crippen molar-refractivity contribution < 1.29 is 9.53 Å². The second-order valence-electron chi connectivity index (χ2n) is 4.40. The fourth-order valence-electron chi connectivity index (χ4n) is 2.02. The molecule has 0 radical (unpaired) electrons. The van der Waals surface area contributed by atoms with Crippen LogP contribution < -0.4 is 4.74 Å². The van der Waals surface area contributed by atoms with E-state index in [1.165, 1.54) is 0 Å². The van der Waals surface area contributed by atoms with Gasteiger partial charge in [-0.05, 0) is 56.4 Å². The molecule has 0 heterocycles. The van der Waals surface area contributed by atoms with Crippen LogP contribution in [0.2, 0.25) is 5.02 Å². The topological polar surface area (TPSA) is 26.3 Å². The van der Waals surface area contributed by atoms with Crippen LogP contribution in [0.15, 0.2) is 0 Å². The number of hydrogen-bond acceptors (Lipinski definition) is 2.